The predicted octanol–water partition coefficient (Wildman–Crippen LogP) is 8.38. The molecule has 2 aliphatic rings. The fourth-order valence-corrected chi connectivity index (χ4v) is 6.61. The number of nitrogens with one attached hydrogen (secondary N) is 1. The molecule has 1 saturated carbocycles. The van der Waals surface area contributed by atoms with E-state index >= 15 is 0 Å². The van der Waals surface area contributed by atoms with Crippen LogP contribution in [0.5, 0.6) is 0 Å². The summed E-state index contributed by atoms with van der Waals surface area (Å²) in [5.41, 5.74) is 5.14. The summed E-state index contributed by atoms with van der Waals surface area (Å²) in [5, 5.41) is 4.36. The van der Waals surface area contributed by atoms with Gasteiger partial charge in [0.15, 0.2) is 5.11 Å². The van der Waals surface area contributed by atoms with Crippen LogP contribution in [0.3, 0.4) is 0 Å². The first-order chi connectivity index (χ1) is 16.0. The van der Waals surface area contributed by atoms with Crippen LogP contribution in [0.25, 0.3) is 11.1 Å². The topological polar surface area (TPSA) is 15.3 Å². The van der Waals surface area contributed by atoms with Gasteiger partial charge in [0.2, 0.25) is 0 Å². The summed E-state index contributed by atoms with van der Waals surface area (Å²) in [6.45, 7) is 3.43. The minimum absolute atomic E-state index is 0.119. The molecular formula is C29H31BrN2S. The molecule has 2 fully saturated rings. The number of anilines is 1. The van der Waals surface area contributed by atoms with E-state index in [-0.39, 0.29) is 5.54 Å². The van der Waals surface area contributed by atoms with E-state index in [9.17, 15) is 0 Å². The molecule has 170 valence electrons. The van der Waals surface area contributed by atoms with Gasteiger partial charge in [-0.3, -0.25) is 0 Å². The second kappa shape index (κ2) is 9.23. The van der Waals surface area contributed by atoms with Crippen molar-refractivity contribution in [3.05, 3.63) is 88.9 Å². The Morgan fingerprint density at radius 1 is 0.848 bits per heavy atom. The van der Waals surface area contributed by atoms with Crippen molar-refractivity contribution < 1.29 is 0 Å². The third-order valence-corrected chi connectivity index (χ3v) is 8.53. The van der Waals surface area contributed by atoms with Gasteiger partial charge in [-0.25, -0.2) is 0 Å². The van der Waals surface area contributed by atoms with Crippen molar-refractivity contribution in [3.8, 4) is 11.1 Å². The molecular weight excluding hydrogens is 488 g/mol. The first kappa shape index (κ1) is 22.6. The number of halogens is 1. The van der Waals surface area contributed by atoms with E-state index in [1.54, 1.807) is 0 Å². The summed E-state index contributed by atoms with van der Waals surface area (Å²) in [7, 11) is 0. The van der Waals surface area contributed by atoms with Crippen molar-refractivity contribution in [3.63, 3.8) is 0 Å². The van der Waals surface area contributed by atoms with Gasteiger partial charge in [-0.1, -0.05) is 89.8 Å². The predicted molar refractivity (Wildman–Crippen MR) is 146 cm³/mol. The highest BCUT2D eigenvalue weighted by Crippen LogP contribution is 2.54. The molecule has 2 nitrogen and oxygen atoms in total. The van der Waals surface area contributed by atoms with Crippen LogP contribution < -0.4 is 5.32 Å². The fraction of sp³-hybridized carbons (Fsp3) is 0.345. The van der Waals surface area contributed by atoms with E-state index in [0.717, 1.165) is 28.2 Å². The van der Waals surface area contributed by atoms with Crippen LogP contribution in [0, 0.1) is 5.41 Å². The Morgan fingerprint density at radius 3 is 2.15 bits per heavy atom. The normalized spacial score (nSPS) is 21.8. The second-order valence-corrected chi connectivity index (χ2v) is 11.3. The maximum absolute atomic E-state index is 6.04. The maximum atomic E-state index is 6.04. The Morgan fingerprint density at radius 2 is 1.48 bits per heavy atom. The Labute approximate surface area is 211 Å². The van der Waals surface area contributed by atoms with Gasteiger partial charge < -0.3 is 10.2 Å². The highest BCUT2D eigenvalue weighted by atomic mass is 79.9. The largest absolute Gasteiger partial charge is 0.339 e. The Hall–Kier alpha value is -2.17. The highest BCUT2D eigenvalue weighted by Gasteiger charge is 2.52. The Balaban J connectivity index is 1.46. The van der Waals surface area contributed by atoms with Crippen LogP contribution in [0.2, 0.25) is 0 Å². The van der Waals surface area contributed by atoms with Gasteiger partial charge >= 0.3 is 0 Å². The number of benzene rings is 3. The molecule has 1 N–H and O–H groups in total. The summed E-state index contributed by atoms with van der Waals surface area (Å²) >= 11 is 9.56. The third-order valence-electron chi connectivity index (χ3n) is 7.68. The van der Waals surface area contributed by atoms with Crippen molar-refractivity contribution in [1.82, 2.24) is 4.90 Å². The SMILES string of the molecule is C[C@@]1(c2ccc(-c3ccccc3)cc2)CC2(CCCCC2)CN1C(=S)Nc1ccc(Br)cc1. The monoisotopic (exact) mass is 518 g/mol. The highest BCUT2D eigenvalue weighted by molar-refractivity contribution is 9.10. The number of nitrogens with zero attached hydrogens (tertiary/aromatic N) is 1. The van der Waals surface area contributed by atoms with Crippen LogP contribution in [-0.4, -0.2) is 16.6 Å². The van der Waals surface area contributed by atoms with Crippen molar-refractivity contribution in [2.75, 3.05) is 11.9 Å². The van der Waals surface area contributed by atoms with E-state index in [4.69, 9.17) is 12.2 Å². The Kier molecular flexibility index (Phi) is 6.32. The number of hydrogen-bond donors (Lipinski definition) is 1. The van der Waals surface area contributed by atoms with E-state index in [1.807, 2.05) is 0 Å². The molecule has 1 atom stereocenters. The first-order valence-electron chi connectivity index (χ1n) is 12.0. The summed E-state index contributed by atoms with van der Waals surface area (Å²) < 4.78 is 1.07. The molecule has 4 heteroatoms. The van der Waals surface area contributed by atoms with Crippen molar-refractivity contribution in [1.29, 1.82) is 0 Å². The van der Waals surface area contributed by atoms with Crippen molar-refractivity contribution >= 4 is 38.9 Å². The molecule has 0 unspecified atom stereocenters. The summed E-state index contributed by atoms with van der Waals surface area (Å²) in [4.78, 5) is 2.48. The van der Waals surface area contributed by atoms with Crippen molar-refractivity contribution in [2.45, 2.75) is 51.0 Å². The molecule has 3 aromatic rings. The van der Waals surface area contributed by atoms with E-state index in [0.29, 0.717) is 5.41 Å². The minimum Gasteiger partial charge on any atom is -0.339 e. The Bertz CT molecular complexity index is 1100. The average Bonchev–Trinajstić information content (AvgIpc) is 3.14. The lowest BCUT2D eigenvalue weighted by Crippen LogP contribution is -2.45. The van der Waals surface area contributed by atoms with E-state index < -0.39 is 0 Å². The molecule has 0 bridgehead atoms. The van der Waals surface area contributed by atoms with Gasteiger partial charge in [0.25, 0.3) is 0 Å². The summed E-state index contributed by atoms with van der Waals surface area (Å²) in [6, 6.07) is 28.1. The van der Waals surface area contributed by atoms with Crippen LogP contribution >= 0.6 is 28.1 Å². The number of likely N-dealkylation sites (tertiary alicyclic amines) is 1. The lowest BCUT2D eigenvalue weighted by Gasteiger charge is -2.38. The van der Waals surface area contributed by atoms with Gasteiger partial charge in [0.05, 0.1) is 5.54 Å². The zero-order valence-corrected chi connectivity index (χ0v) is 21.6. The second-order valence-electron chi connectivity index (χ2n) is 9.98. The first-order valence-corrected chi connectivity index (χ1v) is 13.2. The molecule has 5 rings (SSSR count). The summed E-state index contributed by atoms with van der Waals surface area (Å²) in [5.74, 6) is 0. The van der Waals surface area contributed by atoms with Crippen LogP contribution in [-0.2, 0) is 5.54 Å². The third kappa shape index (κ3) is 4.61. The summed E-state index contributed by atoms with van der Waals surface area (Å²) in [6.07, 6.45) is 7.82. The molecule has 1 aliphatic carbocycles. The number of thiocarbonyl (C=S) groups is 1. The fourth-order valence-electron chi connectivity index (χ4n) is 5.96. The standard InChI is InChI=1S/C29H31BrN2S/c1-28(24-12-10-23(11-13-24)22-8-4-2-5-9-22)20-29(18-6-3-7-19-29)21-32(28)27(33)31-26-16-14-25(30)15-17-26/h2,4-5,8-17H,3,6-7,18-21H2,1H3,(H,31,33)/t28-/m0/s1. The molecule has 0 amide bonds. The van der Waals surface area contributed by atoms with Gasteiger partial charge in [-0.15, -0.1) is 0 Å². The zero-order valence-electron chi connectivity index (χ0n) is 19.2. The van der Waals surface area contributed by atoms with Gasteiger partial charge in [-0.2, -0.15) is 0 Å². The zero-order chi connectivity index (χ0) is 22.9. The molecule has 0 aromatic heterocycles. The quantitative estimate of drug-likeness (QED) is 0.350. The van der Waals surface area contributed by atoms with E-state index in [2.05, 4.69) is 112 Å². The van der Waals surface area contributed by atoms with Crippen LogP contribution in [0.1, 0.15) is 51.0 Å². The molecule has 1 heterocycles. The average molecular weight is 520 g/mol. The van der Waals surface area contributed by atoms with E-state index in [1.165, 1.54) is 48.8 Å². The number of rotatable bonds is 3. The smallest absolute Gasteiger partial charge is 0.174 e. The van der Waals surface area contributed by atoms with Gasteiger partial charge in [0, 0.05) is 16.7 Å². The van der Waals surface area contributed by atoms with Crippen LogP contribution in [0.15, 0.2) is 83.3 Å². The van der Waals surface area contributed by atoms with Crippen LogP contribution in [0.4, 0.5) is 5.69 Å². The maximum Gasteiger partial charge on any atom is 0.174 e. The number of hydrogen-bond acceptors (Lipinski definition) is 1. The molecule has 1 spiro atoms. The lowest BCUT2D eigenvalue weighted by atomic mass is 9.70. The molecule has 1 aliphatic heterocycles. The van der Waals surface area contributed by atoms with Crippen molar-refractivity contribution in [2.24, 2.45) is 5.41 Å². The molecule has 1 saturated heterocycles. The van der Waals surface area contributed by atoms with Gasteiger partial charge in [0.1, 0.15) is 0 Å². The minimum atomic E-state index is -0.119. The van der Waals surface area contributed by atoms with Gasteiger partial charge in [-0.05, 0) is 84.8 Å². The molecule has 33 heavy (non-hydrogen) atoms. The molecule has 3 aromatic carbocycles. The molecule has 0 radical (unpaired) electrons. The lowest BCUT2D eigenvalue weighted by molar-refractivity contribution is 0.200.